The van der Waals surface area contributed by atoms with Gasteiger partial charge in [0.15, 0.2) is 17.3 Å². The second-order valence-electron chi connectivity index (χ2n) is 10.1. The van der Waals surface area contributed by atoms with Gasteiger partial charge in [-0.1, -0.05) is 17.7 Å². The third-order valence-corrected chi connectivity index (χ3v) is 7.05. The molecule has 4 rings (SSSR count). The molecule has 1 aliphatic rings. The van der Waals surface area contributed by atoms with Crippen LogP contribution in [0.2, 0.25) is 0 Å². The van der Waals surface area contributed by atoms with E-state index >= 15 is 0 Å². The number of benzene rings is 2. The molecule has 0 bridgehead atoms. The van der Waals surface area contributed by atoms with E-state index in [1.165, 1.54) is 0 Å². The van der Waals surface area contributed by atoms with Gasteiger partial charge in [-0.05, 0) is 56.0 Å². The summed E-state index contributed by atoms with van der Waals surface area (Å²) in [6.45, 7) is 6.57. The summed E-state index contributed by atoms with van der Waals surface area (Å²) in [6.07, 6.45) is 0.654. The van der Waals surface area contributed by atoms with Crippen LogP contribution in [0.5, 0.6) is 11.5 Å². The Hall–Kier alpha value is -4.41. The van der Waals surface area contributed by atoms with Crippen molar-refractivity contribution < 1.29 is 14.4 Å². The molecule has 1 aliphatic heterocycles. The Morgan fingerprint density at radius 1 is 1.05 bits per heavy atom. The fraction of sp³-hybridized carbons (Fsp3) is 0.414. The van der Waals surface area contributed by atoms with Crippen LogP contribution in [0.4, 0.5) is 5.69 Å². The lowest BCUT2D eigenvalue weighted by atomic mass is 9.97. The number of nitrogens with zero attached hydrogens (tertiary/aromatic N) is 6. The minimum absolute atomic E-state index is 0.191. The molecule has 0 aliphatic carbocycles. The average Bonchev–Trinajstić information content (AvgIpc) is 2.90. The minimum Gasteiger partial charge on any atom is -0.493 e. The van der Waals surface area contributed by atoms with Crippen LogP contribution in [-0.2, 0) is 19.5 Å². The number of rotatable bonds is 8. The zero-order valence-corrected chi connectivity index (χ0v) is 24.1. The quantitative estimate of drug-likeness (QED) is 0.185. The summed E-state index contributed by atoms with van der Waals surface area (Å²) in [4.78, 5) is 35.7. The number of likely N-dealkylation sites (N-methyl/N-ethyl adjacent to an activating group) is 1. The predicted molar refractivity (Wildman–Crippen MR) is 155 cm³/mol. The summed E-state index contributed by atoms with van der Waals surface area (Å²) in [5, 5.41) is 11.1. The van der Waals surface area contributed by atoms with Crippen LogP contribution >= 0.6 is 0 Å². The van der Waals surface area contributed by atoms with E-state index in [2.05, 4.69) is 17.1 Å². The maximum absolute atomic E-state index is 14.0. The molecule has 11 nitrogen and oxygen atoms in total. The molecule has 0 saturated carbocycles. The van der Waals surface area contributed by atoms with Crippen molar-refractivity contribution in [2.45, 2.75) is 40.3 Å². The molecule has 11 heteroatoms. The molecule has 0 N–H and O–H groups in total. The highest BCUT2D eigenvalue weighted by Gasteiger charge is 2.22. The number of amidine groups is 1. The highest BCUT2D eigenvalue weighted by Crippen LogP contribution is 2.37. The second-order valence-corrected chi connectivity index (χ2v) is 10.1. The Morgan fingerprint density at radius 3 is 2.30 bits per heavy atom. The van der Waals surface area contributed by atoms with Crippen molar-refractivity contribution in [2.24, 2.45) is 9.98 Å². The van der Waals surface area contributed by atoms with Gasteiger partial charge in [-0.15, -0.1) is 0 Å². The van der Waals surface area contributed by atoms with Gasteiger partial charge >= 0.3 is 5.69 Å². The third kappa shape index (κ3) is 5.78. The number of hydrogen-bond acceptors (Lipinski definition) is 7. The van der Waals surface area contributed by atoms with E-state index in [1.807, 2.05) is 39.0 Å². The smallest absolute Gasteiger partial charge is 0.330 e. The van der Waals surface area contributed by atoms with E-state index in [9.17, 15) is 14.9 Å². The summed E-state index contributed by atoms with van der Waals surface area (Å²) in [5.41, 5.74) is 6.93. The van der Waals surface area contributed by atoms with E-state index < -0.39 is 4.92 Å². The average molecular weight is 549 g/mol. The minimum atomic E-state index is -0.413. The molecule has 0 spiro atoms. The van der Waals surface area contributed by atoms with Crippen LogP contribution in [0, 0.1) is 30.9 Å². The first kappa shape index (κ1) is 28.6. The summed E-state index contributed by atoms with van der Waals surface area (Å²) < 4.78 is 14.4. The number of ether oxygens (including phenoxy) is 2. The molecule has 40 heavy (non-hydrogen) atoms. The van der Waals surface area contributed by atoms with Gasteiger partial charge < -0.3 is 14.4 Å². The van der Waals surface area contributed by atoms with Crippen molar-refractivity contribution in [3.05, 3.63) is 78.7 Å². The SMILES string of the molecule is COc1cc2c(cc1OC)-c1cc(=Nc3c(C)cc(C)cc3C)n(CCN=C(C[N+](=O)[O-])N(C)C)c(=O)n1CC2. The lowest BCUT2D eigenvalue weighted by Gasteiger charge is -2.24. The van der Waals surface area contributed by atoms with Gasteiger partial charge in [0.2, 0.25) is 0 Å². The zero-order chi connectivity index (χ0) is 29.1. The Balaban J connectivity index is 1.93. The third-order valence-electron chi connectivity index (χ3n) is 7.05. The van der Waals surface area contributed by atoms with Gasteiger partial charge in [0, 0.05) is 43.7 Å². The number of hydrogen-bond donors (Lipinski definition) is 0. The Morgan fingerprint density at radius 2 is 1.70 bits per heavy atom. The number of fused-ring (bicyclic) bond motifs is 3. The Labute approximate surface area is 233 Å². The van der Waals surface area contributed by atoms with Crippen LogP contribution in [0.3, 0.4) is 0 Å². The first-order chi connectivity index (χ1) is 19.0. The first-order valence-corrected chi connectivity index (χ1v) is 13.1. The standard InChI is InChI=1S/C29H36N6O5/c1-18-12-19(2)28(20(3)13-18)31-26-16-23-22-15-25(40-7)24(39-6)14-21(22)8-10-33(23)29(36)34(26)11-9-30-27(32(4)5)17-35(37)38/h12-16H,8-11,17H2,1-7H3. The molecule has 2 heterocycles. The molecule has 2 aromatic carbocycles. The molecule has 0 fully saturated rings. The molecular weight excluding hydrogens is 512 g/mol. The fourth-order valence-corrected chi connectivity index (χ4v) is 5.16. The van der Waals surface area contributed by atoms with Crippen molar-refractivity contribution >= 4 is 11.5 Å². The van der Waals surface area contributed by atoms with Crippen molar-refractivity contribution in [3.63, 3.8) is 0 Å². The van der Waals surface area contributed by atoms with Crippen molar-refractivity contribution in [1.82, 2.24) is 14.0 Å². The lowest BCUT2D eigenvalue weighted by molar-refractivity contribution is -0.464. The highest BCUT2D eigenvalue weighted by molar-refractivity contribution is 5.82. The van der Waals surface area contributed by atoms with E-state index in [-0.39, 0.29) is 25.3 Å². The van der Waals surface area contributed by atoms with Crippen LogP contribution in [-0.4, -0.2) is 66.2 Å². The summed E-state index contributed by atoms with van der Waals surface area (Å²) in [6, 6.07) is 9.93. The fourth-order valence-electron chi connectivity index (χ4n) is 5.16. The van der Waals surface area contributed by atoms with Gasteiger partial charge in [-0.2, -0.15) is 0 Å². The number of aromatic nitrogens is 2. The maximum Gasteiger partial charge on any atom is 0.330 e. The number of aryl methyl sites for hydroxylation is 4. The normalized spacial score (nSPS) is 13.1. The van der Waals surface area contributed by atoms with Crippen molar-refractivity contribution in [2.75, 3.05) is 41.4 Å². The monoisotopic (exact) mass is 548 g/mol. The molecule has 0 unspecified atom stereocenters. The Kier molecular flexibility index (Phi) is 8.41. The lowest BCUT2D eigenvalue weighted by Crippen LogP contribution is -2.42. The molecule has 212 valence electrons. The van der Waals surface area contributed by atoms with Gasteiger partial charge in [-0.25, -0.2) is 9.79 Å². The van der Waals surface area contributed by atoms with Crippen molar-refractivity contribution in [3.8, 4) is 22.8 Å². The van der Waals surface area contributed by atoms with Gasteiger partial charge in [0.1, 0.15) is 5.49 Å². The summed E-state index contributed by atoms with van der Waals surface area (Å²) in [7, 11) is 6.62. The first-order valence-electron chi connectivity index (χ1n) is 13.1. The molecule has 1 aromatic heterocycles. The predicted octanol–water partition coefficient (Wildman–Crippen LogP) is 3.28. The van der Waals surface area contributed by atoms with E-state index in [0.717, 1.165) is 39.2 Å². The zero-order valence-electron chi connectivity index (χ0n) is 24.1. The number of aliphatic imine (C=N–C) groups is 1. The molecule has 0 saturated heterocycles. The summed E-state index contributed by atoms with van der Waals surface area (Å²) in [5.74, 6) is 1.56. The largest absolute Gasteiger partial charge is 0.493 e. The van der Waals surface area contributed by atoms with Crippen LogP contribution in [0.25, 0.3) is 11.3 Å². The highest BCUT2D eigenvalue weighted by atomic mass is 16.6. The van der Waals surface area contributed by atoms with Crippen LogP contribution in [0.1, 0.15) is 22.3 Å². The maximum atomic E-state index is 14.0. The van der Waals surface area contributed by atoms with E-state index in [4.69, 9.17) is 14.5 Å². The molecule has 3 aromatic rings. The number of nitro groups is 1. The van der Waals surface area contributed by atoms with Crippen LogP contribution in [0.15, 0.2) is 45.1 Å². The van der Waals surface area contributed by atoms with Gasteiger partial charge in [-0.3, -0.25) is 24.2 Å². The summed E-state index contributed by atoms with van der Waals surface area (Å²) >= 11 is 0. The molecule has 0 atom stereocenters. The van der Waals surface area contributed by atoms with Gasteiger partial charge in [0.25, 0.3) is 6.54 Å². The van der Waals surface area contributed by atoms with E-state index in [0.29, 0.717) is 35.8 Å². The van der Waals surface area contributed by atoms with Crippen molar-refractivity contribution in [1.29, 1.82) is 0 Å². The second kappa shape index (κ2) is 11.8. The Bertz CT molecular complexity index is 1590. The molecule has 0 amide bonds. The molecule has 0 radical (unpaired) electrons. The topological polar surface area (TPSA) is 116 Å². The van der Waals surface area contributed by atoms with E-state index in [1.54, 1.807) is 42.3 Å². The molecular formula is C29H36N6O5. The van der Waals surface area contributed by atoms with Gasteiger partial charge in [0.05, 0.1) is 32.1 Å². The number of methoxy groups -OCH3 is 2. The van der Waals surface area contributed by atoms with Crippen LogP contribution < -0.4 is 20.7 Å².